The van der Waals surface area contributed by atoms with Gasteiger partial charge in [0, 0.05) is 42.8 Å². The Kier molecular flexibility index (Phi) is 5.43. The van der Waals surface area contributed by atoms with Gasteiger partial charge in [0.1, 0.15) is 0 Å². The van der Waals surface area contributed by atoms with Gasteiger partial charge in [-0.3, -0.25) is 9.55 Å². The molecule has 4 heterocycles. The van der Waals surface area contributed by atoms with Gasteiger partial charge in [0.2, 0.25) is 0 Å². The topological polar surface area (TPSA) is 55.2 Å². The maximum atomic E-state index is 5.68. The second-order valence-electron chi connectivity index (χ2n) is 6.79. The van der Waals surface area contributed by atoms with E-state index < -0.39 is 0 Å². The molecule has 4 rings (SSSR count). The number of aryl methyl sites for hydroxylation is 1. The van der Waals surface area contributed by atoms with E-state index in [9.17, 15) is 0 Å². The largest absolute Gasteiger partial charge is 0.383 e. The Morgan fingerprint density at radius 3 is 2.79 bits per heavy atom. The van der Waals surface area contributed by atoms with Crippen LogP contribution < -0.4 is 5.32 Å². The molecule has 3 aromatic rings. The number of thiocarbonyl (C=S) groups is 1. The summed E-state index contributed by atoms with van der Waals surface area (Å²) in [5, 5.41) is 7.20. The molecule has 1 saturated heterocycles. The average molecular weight is 414 g/mol. The minimum atomic E-state index is -0.0178. The van der Waals surface area contributed by atoms with Gasteiger partial charge in [0.15, 0.2) is 10.2 Å². The number of nitrogens with one attached hydrogen (secondary N) is 1. The number of pyridine rings is 1. The van der Waals surface area contributed by atoms with Gasteiger partial charge in [-0.2, -0.15) is 0 Å². The molecule has 0 saturated carbocycles. The highest BCUT2D eigenvalue weighted by Gasteiger charge is 2.41. The Morgan fingerprint density at radius 2 is 2.11 bits per heavy atom. The van der Waals surface area contributed by atoms with Crippen LogP contribution in [0.3, 0.4) is 0 Å². The Morgan fingerprint density at radius 1 is 1.25 bits per heavy atom. The standard InChI is InChI=1S/C20H23N5OS2/c1-13-12-15(14(2)25(13)20-22-8-11-28-20)18-17(16-6-4-5-7-21-16)23-19(27)24(18)9-10-26-3/h4-8,11-12,17-18H,9-10H2,1-3H3,(H,23,27)/t17-,18+/m1/s1. The SMILES string of the molecule is COCCN1C(=S)N[C@H](c2ccccn2)[C@@H]1c1cc(C)n(-c2nccs2)c1C. The minimum absolute atomic E-state index is 0.0178. The van der Waals surface area contributed by atoms with Crippen molar-refractivity contribution in [2.75, 3.05) is 20.3 Å². The van der Waals surface area contributed by atoms with Crippen molar-refractivity contribution in [1.82, 2.24) is 24.8 Å². The summed E-state index contributed by atoms with van der Waals surface area (Å²) in [5.74, 6) is 0. The normalized spacial score (nSPS) is 19.2. The third kappa shape index (κ3) is 3.32. The molecule has 1 aliphatic heterocycles. The van der Waals surface area contributed by atoms with Crippen LogP contribution in [-0.4, -0.2) is 44.8 Å². The van der Waals surface area contributed by atoms with Crippen LogP contribution in [0.1, 0.15) is 34.7 Å². The van der Waals surface area contributed by atoms with Crippen LogP contribution in [0.25, 0.3) is 5.13 Å². The van der Waals surface area contributed by atoms with Crippen molar-refractivity contribution in [3.63, 3.8) is 0 Å². The highest BCUT2D eigenvalue weighted by atomic mass is 32.1. The quantitative estimate of drug-likeness (QED) is 0.624. The molecular formula is C20H23N5OS2. The van der Waals surface area contributed by atoms with Crippen LogP contribution in [0, 0.1) is 13.8 Å². The van der Waals surface area contributed by atoms with E-state index in [0.29, 0.717) is 6.61 Å². The fraction of sp³-hybridized carbons (Fsp3) is 0.350. The molecule has 146 valence electrons. The van der Waals surface area contributed by atoms with Crippen LogP contribution >= 0.6 is 23.6 Å². The number of hydrogen-bond acceptors (Lipinski definition) is 5. The second kappa shape index (κ2) is 7.98. The molecule has 0 aliphatic carbocycles. The highest BCUT2D eigenvalue weighted by Crippen LogP contribution is 2.41. The zero-order valence-electron chi connectivity index (χ0n) is 16.1. The second-order valence-corrected chi connectivity index (χ2v) is 8.05. The summed E-state index contributed by atoms with van der Waals surface area (Å²) < 4.78 is 7.55. The summed E-state index contributed by atoms with van der Waals surface area (Å²) in [6.07, 6.45) is 3.67. The molecule has 28 heavy (non-hydrogen) atoms. The number of thiazole rings is 1. The van der Waals surface area contributed by atoms with Crippen LogP contribution in [0.2, 0.25) is 0 Å². The van der Waals surface area contributed by atoms with Crippen molar-refractivity contribution >= 4 is 28.7 Å². The molecule has 1 fully saturated rings. The summed E-state index contributed by atoms with van der Waals surface area (Å²) in [7, 11) is 1.71. The maximum absolute atomic E-state index is 5.68. The predicted molar refractivity (Wildman–Crippen MR) is 115 cm³/mol. The van der Waals surface area contributed by atoms with E-state index >= 15 is 0 Å². The highest BCUT2D eigenvalue weighted by molar-refractivity contribution is 7.80. The van der Waals surface area contributed by atoms with Crippen molar-refractivity contribution in [2.24, 2.45) is 0 Å². The van der Waals surface area contributed by atoms with Gasteiger partial charge in [0.25, 0.3) is 0 Å². The van der Waals surface area contributed by atoms with Crippen LogP contribution in [0.5, 0.6) is 0 Å². The monoisotopic (exact) mass is 413 g/mol. The fourth-order valence-corrected chi connectivity index (χ4v) is 4.97. The molecule has 0 aromatic carbocycles. The third-order valence-corrected chi connectivity index (χ3v) is 6.24. The number of aromatic nitrogens is 3. The predicted octanol–water partition coefficient (Wildman–Crippen LogP) is 3.56. The van der Waals surface area contributed by atoms with E-state index in [1.54, 1.807) is 18.4 Å². The van der Waals surface area contributed by atoms with Gasteiger partial charge in [-0.1, -0.05) is 6.07 Å². The van der Waals surface area contributed by atoms with Crippen molar-refractivity contribution < 1.29 is 4.74 Å². The first-order chi connectivity index (χ1) is 13.6. The van der Waals surface area contributed by atoms with E-state index in [1.807, 2.05) is 36.0 Å². The Hall–Kier alpha value is -2.29. The molecule has 0 unspecified atom stereocenters. The van der Waals surface area contributed by atoms with Crippen molar-refractivity contribution in [3.8, 4) is 5.13 Å². The Balaban J connectivity index is 1.81. The van der Waals surface area contributed by atoms with Crippen LogP contribution in [0.4, 0.5) is 0 Å². The minimum Gasteiger partial charge on any atom is -0.383 e. The molecule has 3 aromatic heterocycles. The first kappa shape index (κ1) is 19.0. The summed E-state index contributed by atoms with van der Waals surface area (Å²) in [6, 6.07) is 8.26. The molecule has 0 spiro atoms. The molecular weight excluding hydrogens is 390 g/mol. The number of nitrogens with zero attached hydrogens (tertiary/aromatic N) is 4. The number of rotatable bonds is 6. The molecule has 8 heteroatoms. The summed E-state index contributed by atoms with van der Waals surface area (Å²) in [5.41, 5.74) is 4.54. The fourth-order valence-electron chi connectivity index (χ4n) is 3.88. The lowest BCUT2D eigenvalue weighted by molar-refractivity contribution is 0.164. The van der Waals surface area contributed by atoms with Gasteiger partial charge in [-0.05, 0) is 49.8 Å². The molecule has 2 atom stereocenters. The zero-order chi connectivity index (χ0) is 19.7. The van der Waals surface area contributed by atoms with Gasteiger partial charge in [-0.25, -0.2) is 4.98 Å². The van der Waals surface area contributed by atoms with Crippen LogP contribution in [-0.2, 0) is 4.74 Å². The zero-order valence-corrected chi connectivity index (χ0v) is 17.8. The summed E-state index contributed by atoms with van der Waals surface area (Å²) in [4.78, 5) is 11.3. The maximum Gasteiger partial charge on any atom is 0.193 e. The summed E-state index contributed by atoms with van der Waals surface area (Å²) >= 11 is 7.32. The van der Waals surface area contributed by atoms with E-state index in [4.69, 9.17) is 17.0 Å². The summed E-state index contributed by atoms with van der Waals surface area (Å²) in [6.45, 7) is 5.60. The third-order valence-electron chi connectivity index (χ3n) is 5.13. The lowest BCUT2D eigenvalue weighted by Gasteiger charge is -2.27. The lowest BCUT2D eigenvalue weighted by atomic mass is 9.97. The molecule has 0 amide bonds. The molecule has 0 radical (unpaired) electrons. The van der Waals surface area contributed by atoms with Gasteiger partial charge < -0.3 is 15.0 Å². The van der Waals surface area contributed by atoms with Gasteiger partial charge in [0.05, 0.1) is 24.4 Å². The first-order valence-corrected chi connectivity index (χ1v) is 10.5. The van der Waals surface area contributed by atoms with E-state index in [0.717, 1.165) is 28.2 Å². The number of methoxy groups -OCH3 is 1. The Bertz CT molecular complexity index is 955. The van der Waals surface area contributed by atoms with E-state index in [2.05, 4.69) is 44.7 Å². The first-order valence-electron chi connectivity index (χ1n) is 9.17. The van der Waals surface area contributed by atoms with Crippen LogP contribution in [0.15, 0.2) is 42.0 Å². The van der Waals surface area contributed by atoms with Crippen molar-refractivity contribution in [3.05, 3.63) is 64.7 Å². The van der Waals surface area contributed by atoms with Gasteiger partial charge in [-0.15, -0.1) is 11.3 Å². The number of hydrogen-bond donors (Lipinski definition) is 1. The van der Waals surface area contributed by atoms with Crippen molar-refractivity contribution in [2.45, 2.75) is 25.9 Å². The molecule has 1 N–H and O–H groups in total. The molecule has 1 aliphatic rings. The number of ether oxygens (including phenoxy) is 1. The van der Waals surface area contributed by atoms with Crippen molar-refractivity contribution in [1.29, 1.82) is 0 Å². The van der Waals surface area contributed by atoms with Gasteiger partial charge >= 0.3 is 0 Å². The molecule has 6 nitrogen and oxygen atoms in total. The Labute approximate surface area is 174 Å². The van der Waals surface area contributed by atoms with E-state index in [-0.39, 0.29) is 12.1 Å². The molecule has 0 bridgehead atoms. The van der Waals surface area contributed by atoms with E-state index in [1.165, 1.54) is 11.3 Å². The average Bonchev–Trinajstić information content (AvgIpc) is 3.39. The smallest absolute Gasteiger partial charge is 0.193 e. The lowest BCUT2D eigenvalue weighted by Crippen LogP contribution is -2.32.